The van der Waals surface area contributed by atoms with Crippen LogP contribution in [0.3, 0.4) is 0 Å². The number of ether oxygens (including phenoxy) is 1. The van der Waals surface area contributed by atoms with Gasteiger partial charge in [-0.05, 0) is 22.0 Å². The molecule has 0 spiro atoms. The summed E-state index contributed by atoms with van der Waals surface area (Å²) in [7, 11) is 1.36. The van der Waals surface area contributed by atoms with Gasteiger partial charge in [0.2, 0.25) is 0 Å². The molecule has 0 bridgehead atoms. The zero-order valence-corrected chi connectivity index (χ0v) is 10.7. The molecule has 6 heteroatoms. The van der Waals surface area contributed by atoms with Crippen LogP contribution in [-0.4, -0.2) is 23.0 Å². The Morgan fingerprint density at radius 3 is 2.75 bits per heavy atom. The third-order valence-corrected chi connectivity index (χ3v) is 3.95. The summed E-state index contributed by atoms with van der Waals surface area (Å²) in [4.78, 5) is 20.7. The van der Waals surface area contributed by atoms with E-state index in [1.165, 1.54) is 24.8 Å². The summed E-state index contributed by atoms with van der Waals surface area (Å²) >= 11 is 4.74. The predicted octanol–water partition coefficient (Wildman–Crippen LogP) is 2.75. The van der Waals surface area contributed by atoms with Crippen molar-refractivity contribution < 1.29 is 9.53 Å². The van der Waals surface area contributed by atoms with Gasteiger partial charge in [-0.3, -0.25) is 0 Å². The first-order chi connectivity index (χ1) is 7.72. The van der Waals surface area contributed by atoms with Crippen LogP contribution in [-0.2, 0) is 4.74 Å². The SMILES string of the molecule is COC(=O)c1cc(Br)c(-c2cncnc2)s1. The number of carbonyl (C=O) groups excluding carboxylic acids is 1. The fourth-order valence-corrected chi connectivity index (χ4v) is 2.98. The molecule has 2 aromatic heterocycles. The number of halogens is 1. The van der Waals surface area contributed by atoms with Crippen molar-refractivity contribution in [3.05, 3.63) is 34.1 Å². The largest absolute Gasteiger partial charge is 0.465 e. The molecule has 0 radical (unpaired) electrons. The standard InChI is InChI=1S/C10H7BrN2O2S/c1-15-10(14)8-2-7(11)9(16-8)6-3-12-5-13-4-6/h2-5H,1H3. The zero-order chi connectivity index (χ0) is 11.5. The minimum Gasteiger partial charge on any atom is -0.465 e. The van der Waals surface area contributed by atoms with Crippen molar-refractivity contribution in [2.45, 2.75) is 0 Å². The second-order valence-electron chi connectivity index (χ2n) is 2.91. The lowest BCUT2D eigenvalue weighted by molar-refractivity contribution is 0.0606. The molecule has 0 aliphatic heterocycles. The van der Waals surface area contributed by atoms with Gasteiger partial charge in [-0.1, -0.05) is 0 Å². The van der Waals surface area contributed by atoms with Crippen LogP contribution in [0.2, 0.25) is 0 Å². The minimum atomic E-state index is -0.339. The lowest BCUT2D eigenvalue weighted by Gasteiger charge is -1.95. The molecular weight excluding hydrogens is 292 g/mol. The summed E-state index contributed by atoms with van der Waals surface area (Å²) in [6.45, 7) is 0. The maximum absolute atomic E-state index is 11.3. The fraction of sp³-hybridized carbons (Fsp3) is 0.100. The van der Waals surface area contributed by atoms with E-state index < -0.39 is 0 Å². The van der Waals surface area contributed by atoms with Gasteiger partial charge in [0.1, 0.15) is 11.2 Å². The van der Waals surface area contributed by atoms with Crippen LogP contribution in [0.15, 0.2) is 29.3 Å². The average molecular weight is 299 g/mol. The maximum atomic E-state index is 11.3. The quantitative estimate of drug-likeness (QED) is 0.800. The summed E-state index contributed by atoms with van der Waals surface area (Å²) < 4.78 is 5.50. The van der Waals surface area contributed by atoms with Crippen molar-refractivity contribution in [2.75, 3.05) is 7.11 Å². The predicted molar refractivity (Wildman–Crippen MR) is 64.4 cm³/mol. The molecule has 82 valence electrons. The number of carbonyl (C=O) groups is 1. The molecule has 0 amide bonds. The van der Waals surface area contributed by atoms with E-state index in [-0.39, 0.29) is 5.97 Å². The Balaban J connectivity index is 2.44. The highest BCUT2D eigenvalue weighted by molar-refractivity contribution is 9.10. The van der Waals surface area contributed by atoms with Crippen molar-refractivity contribution in [3.8, 4) is 10.4 Å². The van der Waals surface area contributed by atoms with Gasteiger partial charge in [-0.15, -0.1) is 11.3 Å². The number of esters is 1. The van der Waals surface area contributed by atoms with Crippen LogP contribution >= 0.6 is 27.3 Å². The van der Waals surface area contributed by atoms with E-state index in [1.807, 2.05) is 0 Å². The Morgan fingerprint density at radius 1 is 1.44 bits per heavy atom. The summed E-state index contributed by atoms with van der Waals surface area (Å²) in [6, 6.07) is 1.73. The van der Waals surface area contributed by atoms with Crippen molar-refractivity contribution in [1.29, 1.82) is 0 Å². The highest BCUT2D eigenvalue weighted by Crippen LogP contribution is 2.35. The molecule has 0 aromatic carbocycles. The third kappa shape index (κ3) is 2.12. The van der Waals surface area contributed by atoms with E-state index in [0.29, 0.717) is 4.88 Å². The summed E-state index contributed by atoms with van der Waals surface area (Å²) in [5, 5.41) is 0. The topological polar surface area (TPSA) is 52.1 Å². The zero-order valence-electron chi connectivity index (χ0n) is 8.31. The van der Waals surface area contributed by atoms with Gasteiger partial charge in [0.15, 0.2) is 0 Å². The lowest BCUT2D eigenvalue weighted by Crippen LogP contribution is -1.96. The van der Waals surface area contributed by atoms with Crippen molar-refractivity contribution in [2.24, 2.45) is 0 Å². The molecule has 2 heterocycles. The smallest absolute Gasteiger partial charge is 0.348 e. The van der Waals surface area contributed by atoms with Gasteiger partial charge in [0, 0.05) is 22.4 Å². The van der Waals surface area contributed by atoms with E-state index in [9.17, 15) is 4.79 Å². The first-order valence-corrected chi connectivity index (χ1v) is 5.96. The van der Waals surface area contributed by atoms with E-state index in [4.69, 9.17) is 0 Å². The monoisotopic (exact) mass is 298 g/mol. The van der Waals surface area contributed by atoms with Crippen LogP contribution in [0.1, 0.15) is 9.67 Å². The molecule has 4 nitrogen and oxygen atoms in total. The molecule has 0 N–H and O–H groups in total. The second-order valence-corrected chi connectivity index (χ2v) is 4.81. The number of aromatic nitrogens is 2. The van der Waals surface area contributed by atoms with Gasteiger partial charge < -0.3 is 4.74 Å². The molecule has 0 aliphatic carbocycles. The van der Waals surface area contributed by atoms with Crippen LogP contribution < -0.4 is 0 Å². The Morgan fingerprint density at radius 2 is 2.12 bits per heavy atom. The molecule has 2 rings (SSSR count). The van der Waals surface area contributed by atoms with Crippen molar-refractivity contribution in [1.82, 2.24) is 9.97 Å². The Hall–Kier alpha value is -1.27. The van der Waals surface area contributed by atoms with Gasteiger partial charge >= 0.3 is 5.97 Å². The molecule has 2 aromatic rings. The van der Waals surface area contributed by atoms with Gasteiger partial charge in [-0.25, -0.2) is 14.8 Å². The van der Waals surface area contributed by atoms with E-state index in [0.717, 1.165) is 14.9 Å². The summed E-state index contributed by atoms with van der Waals surface area (Å²) in [6.07, 6.45) is 4.86. The van der Waals surface area contributed by atoms with Crippen LogP contribution in [0, 0.1) is 0 Å². The fourth-order valence-electron chi connectivity index (χ4n) is 1.18. The first kappa shape index (κ1) is 11.2. The first-order valence-electron chi connectivity index (χ1n) is 4.35. The van der Waals surface area contributed by atoms with Gasteiger partial charge in [0.25, 0.3) is 0 Å². The van der Waals surface area contributed by atoms with E-state index in [2.05, 4.69) is 30.6 Å². The van der Waals surface area contributed by atoms with Crippen LogP contribution in [0.4, 0.5) is 0 Å². The maximum Gasteiger partial charge on any atom is 0.348 e. The third-order valence-electron chi connectivity index (χ3n) is 1.90. The number of hydrogen-bond acceptors (Lipinski definition) is 5. The second kappa shape index (κ2) is 4.71. The van der Waals surface area contributed by atoms with Crippen LogP contribution in [0.5, 0.6) is 0 Å². The summed E-state index contributed by atoms with van der Waals surface area (Å²) in [5.74, 6) is -0.339. The Labute approximate surface area is 104 Å². The highest BCUT2D eigenvalue weighted by Gasteiger charge is 2.14. The molecule has 16 heavy (non-hydrogen) atoms. The number of rotatable bonds is 2. The van der Waals surface area contributed by atoms with E-state index >= 15 is 0 Å². The minimum absolute atomic E-state index is 0.339. The number of thiophene rings is 1. The lowest BCUT2D eigenvalue weighted by atomic mass is 10.3. The van der Waals surface area contributed by atoms with Gasteiger partial charge in [0.05, 0.1) is 12.0 Å². The number of methoxy groups -OCH3 is 1. The average Bonchev–Trinajstić information content (AvgIpc) is 2.71. The molecule has 0 aliphatic rings. The Kier molecular flexibility index (Phi) is 3.31. The molecule has 0 atom stereocenters. The molecule has 0 fully saturated rings. The number of hydrogen-bond donors (Lipinski definition) is 0. The van der Waals surface area contributed by atoms with Crippen molar-refractivity contribution in [3.63, 3.8) is 0 Å². The molecule has 0 saturated heterocycles. The molecule has 0 unspecified atom stereocenters. The van der Waals surface area contributed by atoms with E-state index in [1.54, 1.807) is 18.5 Å². The van der Waals surface area contributed by atoms with Gasteiger partial charge in [-0.2, -0.15) is 0 Å². The van der Waals surface area contributed by atoms with Crippen molar-refractivity contribution >= 4 is 33.2 Å². The normalized spacial score (nSPS) is 10.1. The molecular formula is C10H7BrN2O2S. The number of nitrogens with zero attached hydrogens (tertiary/aromatic N) is 2. The highest BCUT2D eigenvalue weighted by atomic mass is 79.9. The van der Waals surface area contributed by atoms with Crippen LogP contribution in [0.25, 0.3) is 10.4 Å². The Bertz CT molecular complexity index is 513. The molecule has 0 saturated carbocycles. The summed E-state index contributed by atoms with van der Waals surface area (Å²) in [5.41, 5.74) is 0.870.